The van der Waals surface area contributed by atoms with Crippen molar-refractivity contribution in [2.45, 2.75) is 70.3 Å². The Balaban J connectivity index is 0.000000806. The molecule has 7 heteroatoms. The van der Waals surface area contributed by atoms with Crippen LogP contribution >= 0.6 is 0 Å². The highest BCUT2D eigenvalue weighted by molar-refractivity contribution is 5.96. The zero-order chi connectivity index (χ0) is 24.2. The molecule has 1 saturated heterocycles. The lowest BCUT2D eigenvalue weighted by Gasteiger charge is -2.23. The number of nitrogens with zero attached hydrogens (tertiary/aromatic N) is 2. The molecule has 2 heterocycles. The van der Waals surface area contributed by atoms with E-state index in [1.54, 1.807) is 7.11 Å². The van der Waals surface area contributed by atoms with Crippen LogP contribution in [0.2, 0.25) is 0 Å². The molecule has 2 N–H and O–H groups in total. The van der Waals surface area contributed by atoms with Gasteiger partial charge in [0.1, 0.15) is 0 Å². The first-order valence-electron chi connectivity index (χ1n) is 13.4. The first kappa shape index (κ1) is 24.2. The van der Waals surface area contributed by atoms with Crippen molar-refractivity contribution in [2.75, 3.05) is 38.7 Å². The summed E-state index contributed by atoms with van der Waals surface area (Å²) in [6, 6.07) is 4.94. The number of benzene rings is 1. The van der Waals surface area contributed by atoms with Crippen molar-refractivity contribution < 1.29 is 19.4 Å². The Bertz CT molecular complexity index is 1020. The third-order valence-corrected chi connectivity index (χ3v) is 7.94. The zero-order valence-electron chi connectivity index (χ0n) is 20.9. The molecule has 3 aliphatic carbocycles. The maximum absolute atomic E-state index is 8.36. The smallest absolute Gasteiger partial charge is 0.290 e. The van der Waals surface area contributed by atoms with E-state index in [0.29, 0.717) is 6.04 Å². The maximum atomic E-state index is 8.36. The van der Waals surface area contributed by atoms with Crippen molar-refractivity contribution in [2.24, 2.45) is 11.8 Å². The third-order valence-electron chi connectivity index (χ3n) is 7.94. The Morgan fingerprint density at radius 3 is 2.49 bits per heavy atom. The summed E-state index contributed by atoms with van der Waals surface area (Å²) in [5.74, 6) is 3.39. The number of methoxy groups -OCH3 is 1. The highest BCUT2D eigenvalue weighted by Crippen LogP contribution is 2.48. The molecule has 1 aromatic heterocycles. The van der Waals surface area contributed by atoms with Crippen molar-refractivity contribution in [1.29, 1.82) is 0 Å². The van der Waals surface area contributed by atoms with E-state index in [9.17, 15) is 0 Å². The molecule has 0 bridgehead atoms. The van der Waals surface area contributed by atoms with Crippen LogP contribution in [0.4, 0.5) is 5.69 Å². The van der Waals surface area contributed by atoms with Gasteiger partial charge in [-0.3, -0.25) is 9.78 Å². The molecule has 4 aliphatic rings. The molecule has 2 saturated carbocycles. The van der Waals surface area contributed by atoms with Crippen molar-refractivity contribution in [3.63, 3.8) is 0 Å². The summed E-state index contributed by atoms with van der Waals surface area (Å²) in [4.78, 5) is 16.0. The first-order valence-corrected chi connectivity index (χ1v) is 13.4. The summed E-state index contributed by atoms with van der Waals surface area (Å²) in [5.41, 5.74) is 5.12. The third kappa shape index (κ3) is 5.66. The predicted molar refractivity (Wildman–Crippen MR) is 138 cm³/mol. The molecule has 35 heavy (non-hydrogen) atoms. The Morgan fingerprint density at radius 2 is 1.83 bits per heavy atom. The minimum atomic E-state index is -0.250. The van der Waals surface area contributed by atoms with E-state index in [4.69, 9.17) is 24.4 Å². The van der Waals surface area contributed by atoms with Crippen LogP contribution in [0.15, 0.2) is 12.1 Å². The minimum Gasteiger partial charge on any atom is -0.493 e. The van der Waals surface area contributed by atoms with Crippen LogP contribution in [-0.2, 0) is 17.6 Å². The quantitative estimate of drug-likeness (QED) is 0.369. The fraction of sp³-hybridized carbons (Fsp3) is 0.643. The summed E-state index contributed by atoms with van der Waals surface area (Å²) < 4.78 is 12.0. The van der Waals surface area contributed by atoms with Gasteiger partial charge >= 0.3 is 0 Å². The van der Waals surface area contributed by atoms with Gasteiger partial charge in [-0.2, -0.15) is 0 Å². The second kappa shape index (κ2) is 11.0. The van der Waals surface area contributed by atoms with Crippen molar-refractivity contribution in [3.05, 3.63) is 23.4 Å². The molecule has 1 aliphatic heterocycles. The van der Waals surface area contributed by atoms with Gasteiger partial charge in [0.25, 0.3) is 6.47 Å². The van der Waals surface area contributed by atoms with Crippen LogP contribution in [0.3, 0.4) is 0 Å². The number of fused-ring (bicyclic) bond motifs is 2. The number of pyridine rings is 1. The van der Waals surface area contributed by atoms with Gasteiger partial charge in [-0.05, 0) is 101 Å². The van der Waals surface area contributed by atoms with Gasteiger partial charge in [0.15, 0.2) is 11.5 Å². The second-order valence-electron chi connectivity index (χ2n) is 10.5. The first-order chi connectivity index (χ1) is 17.2. The number of nitrogens with one attached hydrogen (secondary N) is 1. The number of aromatic nitrogens is 1. The average molecular weight is 482 g/mol. The Morgan fingerprint density at radius 1 is 1.11 bits per heavy atom. The molecule has 7 nitrogen and oxygen atoms in total. The lowest BCUT2D eigenvalue weighted by atomic mass is 10.0. The van der Waals surface area contributed by atoms with Crippen molar-refractivity contribution >= 4 is 23.1 Å². The minimum absolute atomic E-state index is 0.250. The molecule has 0 radical (unpaired) electrons. The zero-order valence-corrected chi connectivity index (χ0v) is 20.9. The molecule has 1 aromatic carbocycles. The number of hydrogen-bond acceptors (Lipinski definition) is 6. The van der Waals surface area contributed by atoms with Gasteiger partial charge in [-0.25, -0.2) is 0 Å². The molecule has 3 fully saturated rings. The normalized spacial score (nSPS) is 19.4. The van der Waals surface area contributed by atoms with E-state index in [0.717, 1.165) is 61.3 Å². The van der Waals surface area contributed by atoms with E-state index < -0.39 is 0 Å². The number of carboxylic acid groups (broad SMARTS) is 1. The Labute approximate surface area is 208 Å². The van der Waals surface area contributed by atoms with E-state index in [-0.39, 0.29) is 6.47 Å². The number of aryl methyl sites for hydroxylation is 1. The van der Waals surface area contributed by atoms with Crippen molar-refractivity contribution in [3.8, 4) is 11.5 Å². The fourth-order valence-corrected chi connectivity index (χ4v) is 5.88. The number of carbonyl (C=O) groups is 1. The van der Waals surface area contributed by atoms with E-state index in [1.807, 2.05) is 0 Å². The van der Waals surface area contributed by atoms with Gasteiger partial charge < -0.3 is 24.8 Å². The number of likely N-dealkylation sites (tertiary alicyclic amines) is 1. The summed E-state index contributed by atoms with van der Waals surface area (Å²) >= 11 is 0. The molecule has 6 rings (SSSR count). The van der Waals surface area contributed by atoms with Crippen LogP contribution < -0.4 is 14.8 Å². The van der Waals surface area contributed by atoms with Crippen LogP contribution in [0.1, 0.15) is 62.6 Å². The monoisotopic (exact) mass is 481 g/mol. The summed E-state index contributed by atoms with van der Waals surface area (Å²) in [6.07, 6.45) is 12.7. The van der Waals surface area contributed by atoms with Crippen LogP contribution in [-0.4, -0.2) is 60.9 Å². The molecule has 0 atom stereocenters. The SMILES string of the molecule is COc1cc2c(NC(C3CC3)C3CC3)c3c(nc2cc1OCCCN1CCCC1)CCC3.O=CO. The number of hydrogen-bond donors (Lipinski definition) is 2. The molecule has 0 spiro atoms. The predicted octanol–water partition coefficient (Wildman–Crippen LogP) is 4.90. The summed E-state index contributed by atoms with van der Waals surface area (Å²) in [7, 11) is 1.75. The van der Waals surface area contributed by atoms with E-state index in [2.05, 4.69) is 22.3 Å². The average Bonchev–Trinajstić information content (AvgIpc) is 3.78. The van der Waals surface area contributed by atoms with E-state index >= 15 is 0 Å². The van der Waals surface area contributed by atoms with Gasteiger partial charge in [0, 0.05) is 35.4 Å². The lowest BCUT2D eigenvalue weighted by Crippen LogP contribution is -2.25. The number of rotatable bonds is 10. The summed E-state index contributed by atoms with van der Waals surface area (Å²) in [5, 5.41) is 12.2. The van der Waals surface area contributed by atoms with Crippen molar-refractivity contribution in [1.82, 2.24) is 9.88 Å². The molecule has 0 unspecified atom stereocenters. The molecular weight excluding hydrogens is 442 g/mol. The highest BCUT2D eigenvalue weighted by atomic mass is 16.5. The van der Waals surface area contributed by atoms with Crippen LogP contribution in [0.5, 0.6) is 11.5 Å². The Kier molecular flexibility index (Phi) is 7.61. The summed E-state index contributed by atoms with van der Waals surface area (Å²) in [6.45, 7) is 4.08. The maximum Gasteiger partial charge on any atom is 0.290 e. The largest absolute Gasteiger partial charge is 0.493 e. The highest BCUT2D eigenvalue weighted by Gasteiger charge is 2.42. The van der Waals surface area contributed by atoms with Gasteiger partial charge in [-0.1, -0.05) is 0 Å². The van der Waals surface area contributed by atoms with Gasteiger partial charge in [-0.15, -0.1) is 0 Å². The molecule has 190 valence electrons. The number of anilines is 1. The number of ether oxygens (including phenoxy) is 2. The van der Waals surface area contributed by atoms with Crippen LogP contribution in [0.25, 0.3) is 10.9 Å². The standard InChI is InChI=1S/C27H37N3O2.CH2O2/c1-31-24-16-21-23(17-25(24)32-15-5-14-30-12-2-3-13-30)28-22-7-4-6-20(22)27(21)29-26(18-8-9-18)19-10-11-19;2-1-3/h16-19,26H,2-15H2,1H3,(H,28,29);1H,(H,2,3). The second-order valence-corrected chi connectivity index (χ2v) is 10.5. The van der Waals surface area contributed by atoms with Gasteiger partial charge in [0.2, 0.25) is 0 Å². The molecular formula is C28H39N3O4. The fourth-order valence-electron chi connectivity index (χ4n) is 5.88. The van der Waals surface area contributed by atoms with Crippen LogP contribution in [0, 0.1) is 11.8 Å². The topological polar surface area (TPSA) is 83.9 Å². The van der Waals surface area contributed by atoms with E-state index in [1.165, 1.54) is 80.4 Å². The Hall–Kier alpha value is -2.54. The van der Waals surface area contributed by atoms with Gasteiger partial charge in [0.05, 0.1) is 19.2 Å². The molecule has 2 aromatic rings. The lowest BCUT2D eigenvalue weighted by molar-refractivity contribution is -0.122. The molecule has 0 amide bonds.